The van der Waals surface area contributed by atoms with E-state index in [9.17, 15) is 4.79 Å². The maximum Gasteiger partial charge on any atom is 0.234 e. The third-order valence-electron chi connectivity index (χ3n) is 5.16. The van der Waals surface area contributed by atoms with Gasteiger partial charge in [0, 0.05) is 49.5 Å². The van der Waals surface area contributed by atoms with E-state index in [1.165, 1.54) is 0 Å². The molecule has 1 N–H and O–H groups in total. The summed E-state index contributed by atoms with van der Waals surface area (Å²) in [5, 5.41) is 3.77. The minimum absolute atomic E-state index is 0.0335. The molecule has 0 radical (unpaired) electrons. The Hall–Kier alpha value is -3.50. The average Bonchev–Trinajstić information content (AvgIpc) is 3.03. The van der Waals surface area contributed by atoms with Crippen molar-refractivity contribution in [1.29, 1.82) is 0 Å². The summed E-state index contributed by atoms with van der Waals surface area (Å²) in [6, 6.07) is 11.9. The lowest BCUT2D eigenvalue weighted by atomic mass is 10.2. The molecular formula is C23H24N6O. The highest BCUT2D eigenvalue weighted by molar-refractivity contribution is 5.91. The molecule has 3 aromatic rings. The lowest BCUT2D eigenvalue weighted by Crippen LogP contribution is -2.39. The number of carbonyl (C=O) groups is 1. The highest BCUT2D eigenvalue weighted by atomic mass is 16.2. The Morgan fingerprint density at radius 3 is 2.73 bits per heavy atom. The van der Waals surface area contributed by atoms with Crippen molar-refractivity contribution in [2.45, 2.75) is 6.42 Å². The van der Waals surface area contributed by atoms with Crippen molar-refractivity contribution < 1.29 is 4.79 Å². The number of hydrogen-bond acceptors (Lipinski definition) is 6. The number of benzene rings is 1. The van der Waals surface area contributed by atoms with E-state index in [1.54, 1.807) is 12.4 Å². The van der Waals surface area contributed by atoms with Gasteiger partial charge in [0.25, 0.3) is 0 Å². The van der Waals surface area contributed by atoms with E-state index >= 15 is 0 Å². The first-order chi connectivity index (χ1) is 14.7. The van der Waals surface area contributed by atoms with Gasteiger partial charge < -0.3 is 10.2 Å². The van der Waals surface area contributed by atoms with Gasteiger partial charge in [-0.3, -0.25) is 14.7 Å². The van der Waals surface area contributed by atoms with Crippen molar-refractivity contribution in [2.24, 2.45) is 0 Å². The highest BCUT2D eigenvalue weighted by Gasteiger charge is 2.20. The molecule has 4 rings (SSSR count). The molecule has 7 heteroatoms. The van der Waals surface area contributed by atoms with E-state index in [2.05, 4.69) is 32.1 Å². The second-order valence-electron chi connectivity index (χ2n) is 7.22. The number of nitrogens with zero attached hydrogens (tertiary/aromatic N) is 5. The maximum atomic E-state index is 12.0. The van der Waals surface area contributed by atoms with Crippen LogP contribution >= 0.6 is 0 Å². The molecule has 0 aliphatic carbocycles. The van der Waals surface area contributed by atoms with Crippen LogP contribution in [0, 0.1) is 12.3 Å². The molecule has 0 bridgehead atoms. The molecule has 30 heavy (non-hydrogen) atoms. The van der Waals surface area contributed by atoms with E-state index in [4.69, 9.17) is 16.4 Å². The molecule has 0 unspecified atom stereocenters. The molecule has 1 amide bonds. The first-order valence-corrected chi connectivity index (χ1v) is 10.1. The van der Waals surface area contributed by atoms with Crippen LogP contribution in [0.25, 0.3) is 22.3 Å². The van der Waals surface area contributed by atoms with Crippen LogP contribution in [-0.2, 0) is 4.79 Å². The number of anilines is 1. The maximum absolute atomic E-state index is 12.0. The van der Waals surface area contributed by atoms with E-state index in [0.29, 0.717) is 12.4 Å². The van der Waals surface area contributed by atoms with Crippen LogP contribution in [0.15, 0.2) is 48.8 Å². The fourth-order valence-electron chi connectivity index (χ4n) is 3.68. The second-order valence-corrected chi connectivity index (χ2v) is 7.22. The molecule has 1 aliphatic heterocycles. The van der Waals surface area contributed by atoms with E-state index in [-0.39, 0.29) is 12.5 Å². The van der Waals surface area contributed by atoms with Gasteiger partial charge in [0.15, 0.2) is 5.82 Å². The summed E-state index contributed by atoms with van der Waals surface area (Å²) in [6.45, 7) is 3.94. The number of hydrogen-bond donors (Lipinski definition) is 1. The van der Waals surface area contributed by atoms with Crippen molar-refractivity contribution >= 4 is 22.6 Å². The summed E-state index contributed by atoms with van der Waals surface area (Å²) in [4.78, 5) is 30.3. The Morgan fingerprint density at radius 1 is 1.07 bits per heavy atom. The van der Waals surface area contributed by atoms with Crippen molar-refractivity contribution in [2.75, 3.05) is 44.2 Å². The van der Waals surface area contributed by atoms with Gasteiger partial charge in [0.05, 0.1) is 18.6 Å². The summed E-state index contributed by atoms with van der Waals surface area (Å²) in [5.74, 6) is 4.03. The molecule has 0 saturated carbocycles. The van der Waals surface area contributed by atoms with Crippen molar-refractivity contribution in [1.82, 2.24) is 25.2 Å². The Kier molecular flexibility index (Phi) is 6.16. The summed E-state index contributed by atoms with van der Waals surface area (Å²) < 4.78 is 0. The molecule has 1 aromatic carbocycles. The first-order valence-electron chi connectivity index (χ1n) is 10.1. The quantitative estimate of drug-likeness (QED) is 0.660. The van der Waals surface area contributed by atoms with Gasteiger partial charge in [0.2, 0.25) is 5.91 Å². The zero-order valence-electron chi connectivity index (χ0n) is 16.8. The van der Waals surface area contributed by atoms with Crippen molar-refractivity contribution in [3.8, 4) is 23.7 Å². The van der Waals surface area contributed by atoms with Gasteiger partial charge in [0.1, 0.15) is 5.82 Å². The highest BCUT2D eigenvalue weighted by Crippen LogP contribution is 2.28. The number of pyridine rings is 1. The van der Waals surface area contributed by atoms with Crippen LogP contribution in [0.2, 0.25) is 0 Å². The van der Waals surface area contributed by atoms with Gasteiger partial charge in [-0.25, -0.2) is 9.97 Å². The number of rotatable bonds is 5. The summed E-state index contributed by atoms with van der Waals surface area (Å²) in [5.41, 5.74) is 1.86. The van der Waals surface area contributed by atoms with Crippen LogP contribution in [0.5, 0.6) is 0 Å². The lowest BCUT2D eigenvalue weighted by molar-refractivity contribution is -0.121. The van der Waals surface area contributed by atoms with Crippen LogP contribution < -0.4 is 10.2 Å². The van der Waals surface area contributed by atoms with Gasteiger partial charge in [-0.1, -0.05) is 18.1 Å². The number of para-hydroxylation sites is 1. The van der Waals surface area contributed by atoms with Gasteiger partial charge in [-0.15, -0.1) is 6.42 Å². The van der Waals surface area contributed by atoms with Crippen LogP contribution in [0.4, 0.5) is 5.82 Å². The number of fused-ring (bicyclic) bond motifs is 1. The molecule has 0 atom stereocenters. The number of nitrogens with one attached hydrogen (secondary N) is 1. The van der Waals surface area contributed by atoms with E-state index < -0.39 is 0 Å². The largest absolute Gasteiger partial charge is 0.355 e. The van der Waals surface area contributed by atoms with E-state index in [1.807, 2.05) is 30.3 Å². The summed E-state index contributed by atoms with van der Waals surface area (Å²) >= 11 is 0. The Bertz CT molecular complexity index is 1060. The Morgan fingerprint density at radius 2 is 1.90 bits per heavy atom. The molecule has 1 saturated heterocycles. The SMILES string of the molecule is C#CCNC(=O)CN1CCCN(c2nc(-c3ccncc3)nc3ccccc23)CC1. The summed E-state index contributed by atoms with van der Waals surface area (Å²) in [6.07, 6.45) is 9.67. The number of terminal acetylenes is 1. The van der Waals surface area contributed by atoms with Gasteiger partial charge in [-0.05, 0) is 30.7 Å². The van der Waals surface area contributed by atoms with Crippen LogP contribution in [0.1, 0.15) is 6.42 Å². The molecule has 3 heterocycles. The topological polar surface area (TPSA) is 74.2 Å². The number of carbonyl (C=O) groups excluding carboxylic acids is 1. The fraction of sp³-hybridized carbons (Fsp3) is 0.304. The zero-order chi connectivity index (χ0) is 20.8. The van der Waals surface area contributed by atoms with Gasteiger partial charge >= 0.3 is 0 Å². The van der Waals surface area contributed by atoms with Gasteiger partial charge in [-0.2, -0.15) is 0 Å². The fourth-order valence-corrected chi connectivity index (χ4v) is 3.68. The minimum atomic E-state index is -0.0335. The smallest absolute Gasteiger partial charge is 0.234 e. The standard InChI is InChI=1S/C23H24N6O/c1-2-10-25-21(30)17-28-13-5-14-29(16-15-28)23-19-6-3-4-7-20(19)26-22(27-23)18-8-11-24-12-9-18/h1,3-4,6-9,11-12H,5,10,13-17H2,(H,25,30). The van der Waals surface area contributed by atoms with Crippen molar-refractivity contribution in [3.05, 3.63) is 48.8 Å². The minimum Gasteiger partial charge on any atom is -0.355 e. The number of aromatic nitrogens is 3. The lowest BCUT2D eigenvalue weighted by Gasteiger charge is -2.24. The van der Waals surface area contributed by atoms with Crippen LogP contribution in [0.3, 0.4) is 0 Å². The zero-order valence-corrected chi connectivity index (χ0v) is 16.8. The van der Waals surface area contributed by atoms with Crippen molar-refractivity contribution in [3.63, 3.8) is 0 Å². The molecule has 1 fully saturated rings. The monoisotopic (exact) mass is 400 g/mol. The summed E-state index contributed by atoms with van der Waals surface area (Å²) in [7, 11) is 0. The molecule has 2 aromatic heterocycles. The predicted octanol–water partition coefficient (Wildman–Crippen LogP) is 1.95. The first kappa shape index (κ1) is 19.8. The predicted molar refractivity (Wildman–Crippen MR) is 118 cm³/mol. The Balaban J connectivity index is 1.58. The Labute approximate surface area is 176 Å². The molecule has 0 spiro atoms. The second kappa shape index (κ2) is 9.33. The third-order valence-corrected chi connectivity index (χ3v) is 5.16. The average molecular weight is 400 g/mol. The molecule has 152 valence electrons. The van der Waals surface area contributed by atoms with Crippen LogP contribution in [-0.4, -0.2) is 65.0 Å². The molecule has 7 nitrogen and oxygen atoms in total. The normalized spacial score (nSPS) is 14.8. The number of amides is 1. The molecule has 1 aliphatic rings. The molecular weight excluding hydrogens is 376 g/mol. The van der Waals surface area contributed by atoms with E-state index in [0.717, 1.165) is 54.9 Å². The third kappa shape index (κ3) is 4.56.